The van der Waals surface area contributed by atoms with Gasteiger partial charge in [-0.2, -0.15) is 0 Å². The standard InChI is InChI=1S/C21H26N2O3/c1-24-19-13-16(14-20(25-2)21(19)26-3)15-22-17-7-9-18(10-8-17)23-11-5-4-6-12-23/h7-10,13-15H,4-6,11-12H2,1-3H3. The molecule has 0 aliphatic carbocycles. The highest BCUT2D eigenvalue weighted by Gasteiger charge is 2.12. The highest BCUT2D eigenvalue weighted by Crippen LogP contribution is 2.37. The van der Waals surface area contributed by atoms with E-state index in [1.807, 2.05) is 12.1 Å². The molecule has 0 spiro atoms. The van der Waals surface area contributed by atoms with Gasteiger partial charge in [-0.3, -0.25) is 4.99 Å². The van der Waals surface area contributed by atoms with Crippen LogP contribution in [-0.2, 0) is 0 Å². The van der Waals surface area contributed by atoms with Crippen molar-refractivity contribution in [1.82, 2.24) is 0 Å². The molecule has 0 aromatic heterocycles. The van der Waals surface area contributed by atoms with Gasteiger partial charge in [-0.1, -0.05) is 0 Å². The third-order valence-electron chi connectivity index (χ3n) is 4.62. The molecular formula is C21H26N2O3. The van der Waals surface area contributed by atoms with Gasteiger partial charge in [0.05, 0.1) is 27.0 Å². The van der Waals surface area contributed by atoms with Crippen molar-refractivity contribution >= 4 is 17.6 Å². The zero-order chi connectivity index (χ0) is 18.4. The summed E-state index contributed by atoms with van der Waals surface area (Å²) in [4.78, 5) is 7.01. The fraction of sp³-hybridized carbons (Fsp3) is 0.381. The molecule has 0 radical (unpaired) electrons. The van der Waals surface area contributed by atoms with Gasteiger partial charge in [0.15, 0.2) is 11.5 Å². The summed E-state index contributed by atoms with van der Waals surface area (Å²) in [5.74, 6) is 1.82. The van der Waals surface area contributed by atoms with Crippen molar-refractivity contribution in [2.24, 2.45) is 4.99 Å². The van der Waals surface area contributed by atoms with Crippen LogP contribution in [0, 0.1) is 0 Å². The molecule has 0 N–H and O–H groups in total. The van der Waals surface area contributed by atoms with E-state index in [-0.39, 0.29) is 0 Å². The number of hydrogen-bond acceptors (Lipinski definition) is 5. The van der Waals surface area contributed by atoms with Crippen molar-refractivity contribution in [3.8, 4) is 17.2 Å². The molecule has 0 amide bonds. The summed E-state index contributed by atoms with van der Waals surface area (Å²) in [6.07, 6.45) is 5.70. The zero-order valence-corrected chi connectivity index (χ0v) is 15.7. The lowest BCUT2D eigenvalue weighted by Gasteiger charge is -2.28. The SMILES string of the molecule is COc1cc(C=Nc2ccc(N3CCCCC3)cc2)cc(OC)c1OC. The summed E-state index contributed by atoms with van der Waals surface area (Å²) in [6.45, 7) is 2.29. The second-order valence-corrected chi connectivity index (χ2v) is 6.28. The van der Waals surface area contributed by atoms with Crippen LogP contribution in [0.2, 0.25) is 0 Å². The van der Waals surface area contributed by atoms with Gasteiger partial charge in [-0.15, -0.1) is 0 Å². The number of rotatable bonds is 6. The van der Waals surface area contributed by atoms with Crippen LogP contribution in [0.4, 0.5) is 11.4 Å². The minimum absolute atomic E-state index is 0.582. The number of nitrogens with zero attached hydrogens (tertiary/aromatic N) is 2. The number of benzene rings is 2. The van der Waals surface area contributed by atoms with Gasteiger partial charge in [0, 0.05) is 30.6 Å². The zero-order valence-electron chi connectivity index (χ0n) is 15.7. The Balaban J connectivity index is 1.77. The first kappa shape index (κ1) is 18.1. The Morgan fingerprint density at radius 1 is 0.846 bits per heavy atom. The summed E-state index contributed by atoms with van der Waals surface area (Å²) >= 11 is 0. The van der Waals surface area contributed by atoms with Gasteiger partial charge in [0.2, 0.25) is 5.75 Å². The molecule has 2 aromatic rings. The Hall–Kier alpha value is -2.69. The van der Waals surface area contributed by atoms with Gasteiger partial charge in [-0.25, -0.2) is 0 Å². The lowest BCUT2D eigenvalue weighted by Crippen LogP contribution is -2.29. The van der Waals surface area contributed by atoms with E-state index >= 15 is 0 Å². The summed E-state index contributed by atoms with van der Waals surface area (Å²) in [5, 5.41) is 0. The molecule has 138 valence electrons. The molecule has 1 aliphatic heterocycles. The Morgan fingerprint density at radius 2 is 1.46 bits per heavy atom. The van der Waals surface area contributed by atoms with Gasteiger partial charge >= 0.3 is 0 Å². The maximum absolute atomic E-state index is 5.38. The molecular weight excluding hydrogens is 328 g/mol. The Labute approximate surface area is 155 Å². The smallest absolute Gasteiger partial charge is 0.203 e. The van der Waals surface area contributed by atoms with Crippen molar-refractivity contribution in [1.29, 1.82) is 0 Å². The van der Waals surface area contributed by atoms with Gasteiger partial charge in [-0.05, 0) is 55.7 Å². The second-order valence-electron chi connectivity index (χ2n) is 6.28. The molecule has 0 bridgehead atoms. The van der Waals surface area contributed by atoms with E-state index in [4.69, 9.17) is 14.2 Å². The highest BCUT2D eigenvalue weighted by atomic mass is 16.5. The van der Waals surface area contributed by atoms with Gasteiger partial charge in [0.25, 0.3) is 0 Å². The van der Waals surface area contributed by atoms with E-state index in [2.05, 4.69) is 34.2 Å². The molecule has 0 atom stereocenters. The van der Waals surface area contributed by atoms with Crippen LogP contribution in [0.3, 0.4) is 0 Å². The van der Waals surface area contributed by atoms with Crippen LogP contribution in [-0.4, -0.2) is 40.6 Å². The van der Waals surface area contributed by atoms with Crippen molar-refractivity contribution in [3.63, 3.8) is 0 Å². The topological polar surface area (TPSA) is 43.3 Å². The highest BCUT2D eigenvalue weighted by molar-refractivity contribution is 5.84. The molecule has 5 nitrogen and oxygen atoms in total. The third-order valence-corrected chi connectivity index (χ3v) is 4.62. The molecule has 3 rings (SSSR count). The van der Waals surface area contributed by atoms with Crippen molar-refractivity contribution in [2.45, 2.75) is 19.3 Å². The predicted molar refractivity (Wildman–Crippen MR) is 106 cm³/mol. The molecule has 1 saturated heterocycles. The molecule has 5 heteroatoms. The molecule has 1 aliphatic rings. The maximum atomic E-state index is 5.38. The van der Waals surface area contributed by atoms with Crippen LogP contribution >= 0.6 is 0 Å². The molecule has 0 saturated carbocycles. The largest absolute Gasteiger partial charge is 0.493 e. The predicted octanol–water partition coefficient (Wildman–Crippen LogP) is 4.45. The molecule has 1 heterocycles. The molecule has 0 unspecified atom stereocenters. The van der Waals surface area contributed by atoms with Crippen LogP contribution < -0.4 is 19.1 Å². The lowest BCUT2D eigenvalue weighted by molar-refractivity contribution is 0.324. The third kappa shape index (κ3) is 4.10. The van der Waals surface area contributed by atoms with E-state index in [9.17, 15) is 0 Å². The van der Waals surface area contributed by atoms with Crippen molar-refractivity contribution < 1.29 is 14.2 Å². The Kier molecular flexibility index (Phi) is 6.00. The van der Waals surface area contributed by atoms with Gasteiger partial charge in [0.1, 0.15) is 0 Å². The molecule has 26 heavy (non-hydrogen) atoms. The Morgan fingerprint density at radius 3 is 2.00 bits per heavy atom. The molecule has 2 aromatic carbocycles. The van der Waals surface area contributed by atoms with Crippen LogP contribution in [0.1, 0.15) is 24.8 Å². The number of ether oxygens (including phenoxy) is 3. The monoisotopic (exact) mass is 354 g/mol. The van der Waals surface area contributed by atoms with Crippen LogP contribution in [0.25, 0.3) is 0 Å². The average molecular weight is 354 g/mol. The minimum atomic E-state index is 0.582. The second kappa shape index (κ2) is 8.61. The first-order valence-electron chi connectivity index (χ1n) is 8.94. The number of methoxy groups -OCH3 is 3. The van der Waals surface area contributed by atoms with Gasteiger partial charge < -0.3 is 19.1 Å². The summed E-state index contributed by atoms with van der Waals surface area (Å²) < 4.78 is 16.1. The number of anilines is 1. The van der Waals surface area contributed by atoms with E-state index in [1.165, 1.54) is 24.9 Å². The quantitative estimate of drug-likeness (QED) is 0.719. The maximum Gasteiger partial charge on any atom is 0.203 e. The summed E-state index contributed by atoms with van der Waals surface area (Å²) in [5.41, 5.74) is 3.08. The van der Waals surface area contributed by atoms with E-state index in [0.29, 0.717) is 17.2 Å². The fourth-order valence-corrected chi connectivity index (χ4v) is 3.23. The number of piperidine rings is 1. The first-order valence-corrected chi connectivity index (χ1v) is 8.94. The minimum Gasteiger partial charge on any atom is -0.493 e. The van der Waals surface area contributed by atoms with Crippen LogP contribution in [0.5, 0.6) is 17.2 Å². The Bertz CT molecular complexity index is 725. The van der Waals surface area contributed by atoms with Crippen molar-refractivity contribution in [2.75, 3.05) is 39.3 Å². The van der Waals surface area contributed by atoms with E-state index < -0.39 is 0 Å². The summed E-state index contributed by atoms with van der Waals surface area (Å²) in [6, 6.07) is 12.2. The van der Waals surface area contributed by atoms with Crippen molar-refractivity contribution in [3.05, 3.63) is 42.0 Å². The lowest BCUT2D eigenvalue weighted by atomic mass is 10.1. The van der Waals surface area contributed by atoms with E-state index in [0.717, 1.165) is 24.3 Å². The van der Waals surface area contributed by atoms with E-state index in [1.54, 1.807) is 27.5 Å². The van der Waals surface area contributed by atoms with Crippen LogP contribution in [0.15, 0.2) is 41.4 Å². The first-order chi connectivity index (χ1) is 12.7. The number of aliphatic imine (C=N–C) groups is 1. The normalized spacial score (nSPS) is 14.5. The molecule has 1 fully saturated rings. The number of hydrogen-bond donors (Lipinski definition) is 0. The fourth-order valence-electron chi connectivity index (χ4n) is 3.23. The summed E-state index contributed by atoms with van der Waals surface area (Å²) in [7, 11) is 4.81. The average Bonchev–Trinajstić information content (AvgIpc) is 2.72.